The van der Waals surface area contributed by atoms with Gasteiger partial charge in [-0.1, -0.05) is 0 Å². The topological polar surface area (TPSA) is 39.2 Å². The van der Waals surface area contributed by atoms with Gasteiger partial charge in [0.1, 0.15) is 3.70 Å². The smallest absolute Gasteiger partial charge is 0.269 e. The molecule has 1 rings (SSSR count). The summed E-state index contributed by atoms with van der Waals surface area (Å²) in [5, 5.41) is -0.823. The number of pyridine rings is 1. The Labute approximate surface area is 103 Å². The van der Waals surface area contributed by atoms with Crippen molar-refractivity contribution in [3.63, 3.8) is 0 Å². The van der Waals surface area contributed by atoms with E-state index in [0.29, 0.717) is 0 Å². The number of ether oxygens (including phenoxy) is 1. The number of alkyl halides is 2. The predicted molar refractivity (Wildman–Crippen MR) is 58.6 cm³/mol. The molecular weight excluding hydrogens is 342 g/mol. The molecule has 0 aliphatic heterocycles. The third-order valence-electron chi connectivity index (χ3n) is 1.61. The maximum absolute atomic E-state index is 12.5. The van der Waals surface area contributed by atoms with Gasteiger partial charge in [0.2, 0.25) is 5.88 Å². The maximum Gasteiger partial charge on any atom is 0.269 e. The summed E-state index contributed by atoms with van der Waals surface area (Å²) in [6.45, 7) is 0. The van der Waals surface area contributed by atoms with Crippen LogP contribution in [0, 0.1) is 3.70 Å². The fourth-order valence-electron chi connectivity index (χ4n) is 0.948. The van der Waals surface area contributed by atoms with Gasteiger partial charge in [0.05, 0.1) is 18.2 Å². The molecule has 1 aromatic heterocycles. The summed E-state index contributed by atoms with van der Waals surface area (Å²) >= 11 is 6.93. The van der Waals surface area contributed by atoms with E-state index in [4.69, 9.17) is 11.6 Å². The molecule has 0 saturated carbocycles. The summed E-state index contributed by atoms with van der Waals surface area (Å²) in [5.74, 6) is -0.198. The number of aromatic nitrogens is 1. The van der Waals surface area contributed by atoms with Crippen LogP contribution in [0.2, 0.25) is 0 Å². The van der Waals surface area contributed by atoms with E-state index in [1.165, 1.54) is 7.11 Å². The largest absolute Gasteiger partial charge is 0.481 e. The second-order valence-corrected chi connectivity index (χ2v) is 3.86. The highest BCUT2D eigenvalue weighted by Gasteiger charge is 2.20. The zero-order valence-corrected chi connectivity index (χ0v) is 10.3. The van der Waals surface area contributed by atoms with Crippen LogP contribution in [0.25, 0.3) is 0 Å². The van der Waals surface area contributed by atoms with E-state index < -0.39 is 17.2 Å². The van der Waals surface area contributed by atoms with Gasteiger partial charge in [0.25, 0.3) is 11.7 Å². The highest BCUT2D eigenvalue weighted by Crippen LogP contribution is 2.30. The molecule has 0 fully saturated rings. The summed E-state index contributed by atoms with van der Waals surface area (Å²) in [6, 6.07) is 0.994. The van der Waals surface area contributed by atoms with Crippen molar-refractivity contribution in [2.75, 3.05) is 7.11 Å². The summed E-state index contributed by atoms with van der Waals surface area (Å²) < 4.78 is 29.9. The van der Waals surface area contributed by atoms with Crippen molar-refractivity contribution in [1.82, 2.24) is 4.98 Å². The summed E-state index contributed by atoms with van der Waals surface area (Å²) in [6.07, 6.45) is -2.76. The van der Waals surface area contributed by atoms with Gasteiger partial charge in [-0.2, -0.15) is 0 Å². The fraction of sp³-hybridized carbons (Fsp3) is 0.250. The van der Waals surface area contributed by atoms with Gasteiger partial charge in [0, 0.05) is 0 Å². The third-order valence-corrected chi connectivity index (χ3v) is 2.63. The van der Waals surface area contributed by atoms with Gasteiger partial charge >= 0.3 is 0 Å². The first-order valence-corrected chi connectivity index (χ1v) is 5.15. The molecular formula is C8H5ClF2INO2. The number of nitrogens with zero attached hydrogens (tertiary/aromatic N) is 1. The second-order valence-electron chi connectivity index (χ2n) is 2.50. The summed E-state index contributed by atoms with van der Waals surface area (Å²) in [4.78, 5) is 14.6. The molecule has 0 spiro atoms. The average Bonchev–Trinajstić information content (AvgIpc) is 2.16. The van der Waals surface area contributed by atoms with E-state index in [1.54, 1.807) is 22.6 Å². The highest BCUT2D eigenvalue weighted by molar-refractivity contribution is 14.1. The Morgan fingerprint density at radius 1 is 1.67 bits per heavy atom. The quantitative estimate of drug-likeness (QED) is 0.479. The van der Waals surface area contributed by atoms with E-state index >= 15 is 0 Å². The average molecular weight is 347 g/mol. The molecule has 0 radical (unpaired) electrons. The molecule has 0 aliphatic carbocycles. The number of carbonyl (C=O) groups is 1. The lowest BCUT2D eigenvalue weighted by Gasteiger charge is -2.08. The molecule has 0 saturated heterocycles. The minimum atomic E-state index is -2.76. The van der Waals surface area contributed by atoms with Crippen LogP contribution >= 0.6 is 34.2 Å². The lowest BCUT2D eigenvalue weighted by Crippen LogP contribution is -2.03. The van der Waals surface area contributed by atoms with Crippen molar-refractivity contribution in [1.29, 1.82) is 0 Å². The monoisotopic (exact) mass is 347 g/mol. The molecule has 0 N–H and O–H groups in total. The van der Waals surface area contributed by atoms with Gasteiger partial charge in [-0.25, -0.2) is 13.8 Å². The van der Waals surface area contributed by atoms with Crippen LogP contribution in [0.4, 0.5) is 8.78 Å². The molecule has 0 unspecified atom stereocenters. The number of methoxy groups -OCH3 is 1. The second kappa shape index (κ2) is 5.02. The first-order chi connectivity index (χ1) is 6.97. The standard InChI is InChI=1S/C8H5ClF2INO2/c1-15-8-4(6(10)11)2-3(5(9)14)7(12)13-8/h2,6H,1H3. The van der Waals surface area contributed by atoms with E-state index in [1.807, 2.05) is 0 Å². The maximum atomic E-state index is 12.5. The molecule has 0 aromatic carbocycles. The number of halogens is 4. The SMILES string of the molecule is COc1nc(I)c(C(=O)Cl)cc1C(F)F. The van der Waals surface area contributed by atoms with Crippen molar-refractivity contribution >= 4 is 39.4 Å². The van der Waals surface area contributed by atoms with Gasteiger partial charge < -0.3 is 4.74 Å². The Hall–Kier alpha value is -0.500. The van der Waals surface area contributed by atoms with E-state index in [0.717, 1.165) is 6.07 Å². The van der Waals surface area contributed by atoms with Crippen LogP contribution in [0.15, 0.2) is 6.07 Å². The van der Waals surface area contributed by atoms with Crippen molar-refractivity contribution in [2.45, 2.75) is 6.43 Å². The Balaban J connectivity index is 3.37. The van der Waals surface area contributed by atoms with Crippen LogP contribution in [0.1, 0.15) is 22.3 Å². The van der Waals surface area contributed by atoms with Gasteiger partial charge in [-0.15, -0.1) is 0 Å². The molecule has 82 valence electrons. The normalized spacial score (nSPS) is 10.5. The van der Waals surface area contributed by atoms with E-state index in [9.17, 15) is 13.6 Å². The Bertz CT molecular complexity index is 400. The molecule has 1 aromatic rings. The van der Waals surface area contributed by atoms with Crippen molar-refractivity contribution < 1.29 is 18.3 Å². The van der Waals surface area contributed by atoms with E-state index in [-0.39, 0.29) is 15.1 Å². The lowest BCUT2D eigenvalue weighted by molar-refractivity contribution is 0.107. The molecule has 0 bridgehead atoms. The minimum absolute atomic E-state index is 0.0478. The molecule has 7 heteroatoms. The van der Waals surface area contributed by atoms with Gasteiger partial charge in [-0.3, -0.25) is 4.79 Å². The van der Waals surface area contributed by atoms with Crippen LogP contribution in [-0.2, 0) is 0 Å². The van der Waals surface area contributed by atoms with Crippen LogP contribution < -0.4 is 4.74 Å². The zero-order valence-electron chi connectivity index (χ0n) is 7.43. The molecule has 0 amide bonds. The molecule has 15 heavy (non-hydrogen) atoms. The Kier molecular flexibility index (Phi) is 4.21. The van der Waals surface area contributed by atoms with Crippen LogP contribution in [0.5, 0.6) is 5.88 Å². The Morgan fingerprint density at radius 3 is 2.67 bits per heavy atom. The zero-order chi connectivity index (χ0) is 11.6. The highest BCUT2D eigenvalue weighted by atomic mass is 127. The lowest BCUT2D eigenvalue weighted by atomic mass is 10.2. The number of hydrogen-bond donors (Lipinski definition) is 0. The summed E-state index contributed by atoms with van der Waals surface area (Å²) in [7, 11) is 1.23. The minimum Gasteiger partial charge on any atom is -0.481 e. The van der Waals surface area contributed by atoms with Crippen molar-refractivity contribution in [3.8, 4) is 5.88 Å². The first kappa shape index (κ1) is 12.6. The predicted octanol–water partition coefficient (Wildman–Crippen LogP) is 3.01. The van der Waals surface area contributed by atoms with Crippen molar-refractivity contribution in [2.24, 2.45) is 0 Å². The number of carbonyl (C=O) groups excluding carboxylic acids is 1. The summed E-state index contributed by atoms with van der Waals surface area (Å²) in [5.41, 5.74) is -0.490. The van der Waals surface area contributed by atoms with E-state index in [2.05, 4.69) is 9.72 Å². The van der Waals surface area contributed by atoms with Crippen molar-refractivity contribution in [3.05, 3.63) is 20.9 Å². The molecule has 3 nitrogen and oxygen atoms in total. The molecule has 1 heterocycles. The van der Waals surface area contributed by atoms with Gasteiger partial charge in [-0.05, 0) is 40.3 Å². The van der Waals surface area contributed by atoms with Crippen LogP contribution in [-0.4, -0.2) is 17.3 Å². The number of hydrogen-bond acceptors (Lipinski definition) is 3. The molecule has 0 aliphatic rings. The molecule has 0 atom stereocenters. The fourth-order valence-corrected chi connectivity index (χ4v) is 1.87. The number of rotatable bonds is 3. The Morgan fingerprint density at radius 2 is 2.27 bits per heavy atom. The first-order valence-electron chi connectivity index (χ1n) is 3.69. The third kappa shape index (κ3) is 2.75. The van der Waals surface area contributed by atoms with Gasteiger partial charge in [0.15, 0.2) is 0 Å². The van der Waals surface area contributed by atoms with Crippen LogP contribution in [0.3, 0.4) is 0 Å².